The predicted molar refractivity (Wildman–Crippen MR) is 61.8 cm³/mol. The molecule has 17 heavy (non-hydrogen) atoms. The molecule has 4 heteroatoms. The van der Waals surface area contributed by atoms with Crippen LogP contribution in [-0.4, -0.2) is 11.6 Å². The number of carbonyl (C=O) groups is 1. The highest BCUT2D eigenvalue weighted by Crippen LogP contribution is 2.36. The third-order valence-corrected chi connectivity index (χ3v) is 3.63. The van der Waals surface area contributed by atoms with E-state index >= 15 is 0 Å². The summed E-state index contributed by atoms with van der Waals surface area (Å²) >= 11 is 0. The quantitative estimate of drug-likeness (QED) is 0.757. The number of nitrogens with zero attached hydrogens (tertiary/aromatic N) is 1. The van der Waals surface area contributed by atoms with E-state index in [0.717, 1.165) is 24.8 Å². The third-order valence-electron chi connectivity index (χ3n) is 3.63. The smallest absolute Gasteiger partial charge is 0.243 e. The molecule has 1 aromatic rings. The summed E-state index contributed by atoms with van der Waals surface area (Å²) < 4.78 is 0. The minimum absolute atomic E-state index is 0.0365. The summed E-state index contributed by atoms with van der Waals surface area (Å²) in [5, 5.41) is 15.1. The van der Waals surface area contributed by atoms with Crippen LogP contribution < -0.4 is 10.6 Å². The van der Waals surface area contributed by atoms with Crippen molar-refractivity contribution in [1.29, 1.82) is 5.26 Å². The van der Waals surface area contributed by atoms with E-state index < -0.39 is 0 Å². The van der Waals surface area contributed by atoms with Crippen molar-refractivity contribution < 1.29 is 4.79 Å². The average molecular weight is 227 g/mol. The molecular weight excluding hydrogens is 214 g/mol. The van der Waals surface area contributed by atoms with Crippen LogP contribution in [0, 0.1) is 11.3 Å². The van der Waals surface area contributed by atoms with Gasteiger partial charge in [0.15, 0.2) is 0 Å². The van der Waals surface area contributed by atoms with Gasteiger partial charge in [-0.25, -0.2) is 0 Å². The standard InChI is InChI=1S/C13H13N3O/c14-8-9-2-4-10(5-3-9)11-12(17)16-13(15-11)6-1-7-13/h2-5,11,15H,1,6-7H2,(H,16,17)/t11-/m1/s1. The highest BCUT2D eigenvalue weighted by Gasteiger charge is 2.47. The lowest BCUT2D eigenvalue weighted by Gasteiger charge is -2.38. The van der Waals surface area contributed by atoms with Crippen LogP contribution in [0.1, 0.15) is 36.4 Å². The van der Waals surface area contributed by atoms with Gasteiger partial charge in [0.05, 0.1) is 17.3 Å². The van der Waals surface area contributed by atoms with Crippen molar-refractivity contribution in [2.45, 2.75) is 31.0 Å². The Morgan fingerprint density at radius 3 is 2.47 bits per heavy atom. The van der Waals surface area contributed by atoms with Gasteiger partial charge in [-0.15, -0.1) is 0 Å². The Balaban J connectivity index is 1.84. The fraction of sp³-hybridized carbons (Fsp3) is 0.385. The summed E-state index contributed by atoms with van der Waals surface area (Å²) in [4.78, 5) is 11.9. The highest BCUT2D eigenvalue weighted by molar-refractivity contribution is 5.86. The maximum absolute atomic E-state index is 11.9. The van der Waals surface area contributed by atoms with Crippen LogP contribution >= 0.6 is 0 Å². The first kappa shape index (κ1) is 10.3. The number of nitriles is 1. The minimum atomic E-state index is -0.275. The first-order valence-electron chi connectivity index (χ1n) is 5.82. The zero-order valence-electron chi connectivity index (χ0n) is 9.36. The Morgan fingerprint density at radius 2 is 2.00 bits per heavy atom. The summed E-state index contributed by atoms with van der Waals surface area (Å²) in [6.07, 6.45) is 3.17. The second-order valence-electron chi connectivity index (χ2n) is 4.74. The van der Waals surface area contributed by atoms with E-state index in [-0.39, 0.29) is 17.6 Å². The molecule has 1 aromatic carbocycles. The predicted octanol–water partition coefficient (Wildman–Crippen LogP) is 1.20. The number of rotatable bonds is 1. The van der Waals surface area contributed by atoms with Crippen molar-refractivity contribution in [1.82, 2.24) is 10.6 Å². The van der Waals surface area contributed by atoms with E-state index in [0.29, 0.717) is 5.56 Å². The van der Waals surface area contributed by atoms with E-state index in [1.807, 2.05) is 12.1 Å². The van der Waals surface area contributed by atoms with Crippen LogP contribution in [0.4, 0.5) is 0 Å². The lowest BCUT2D eigenvalue weighted by Crippen LogP contribution is -2.55. The number of benzene rings is 1. The molecule has 0 unspecified atom stereocenters. The number of hydrogen-bond donors (Lipinski definition) is 2. The zero-order valence-corrected chi connectivity index (χ0v) is 9.36. The molecule has 2 N–H and O–H groups in total. The summed E-state index contributed by atoms with van der Waals surface area (Å²) in [5.41, 5.74) is 1.38. The molecule has 0 radical (unpaired) electrons. The van der Waals surface area contributed by atoms with Crippen molar-refractivity contribution in [2.24, 2.45) is 0 Å². The lowest BCUT2D eigenvalue weighted by atomic mass is 9.85. The fourth-order valence-corrected chi connectivity index (χ4v) is 2.47. The second-order valence-corrected chi connectivity index (χ2v) is 4.74. The van der Waals surface area contributed by atoms with Gasteiger partial charge in [-0.1, -0.05) is 12.1 Å². The molecule has 1 aliphatic carbocycles. The fourth-order valence-electron chi connectivity index (χ4n) is 2.47. The molecule has 1 heterocycles. The van der Waals surface area contributed by atoms with Gasteiger partial charge in [-0.3, -0.25) is 10.1 Å². The maximum Gasteiger partial charge on any atom is 0.243 e. The van der Waals surface area contributed by atoms with Crippen LogP contribution in [0.3, 0.4) is 0 Å². The monoisotopic (exact) mass is 227 g/mol. The molecular formula is C13H13N3O. The molecule has 2 fully saturated rings. The van der Waals surface area contributed by atoms with Gasteiger partial charge in [0.1, 0.15) is 6.04 Å². The van der Waals surface area contributed by atoms with Gasteiger partial charge < -0.3 is 5.32 Å². The first-order valence-corrected chi connectivity index (χ1v) is 5.82. The molecule has 0 aromatic heterocycles. The number of carbonyl (C=O) groups excluding carboxylic acids is 1. The molecule has 86 valence electrons. The average Bonchev–Trinajstić information content (AvgIpc) is 2.67. The van der Waals surface area contributed by atoms with E-state index in [1.54, 1.807) is 12.1 Å². The largest absolute Gasteiger partial charge is 0.336 e. The van der Waals surface area contributed by atoms with E-state index in [9.17, 15) is 4.79 Å². The van der Waals surface area contributed by atoms with Crippen molar-refractivity contribution in [3.8, 4) is 6.07 Å². The maximum atomic E-state index is 11.9. The molecule has 1 spiro atoms. The van der Waals surface area contributed by atoms with Gasteiger partial charge in [0.2, 0.25) is 5.91 Å². The minimum Gasteiger partial charge on any atom is -0.336 e. The molecule has 0 bridgehead atoms. The molecule has 2 aliphatic rings. The zero-order chi connectivity index (χ0) is 11.9. The van der Waals surface area contributed by atoms with Gasteiger partial charge in [0, 0.05) is 0 Å². The van der Waals surface area contributed by atoms with Crippen LogP contribution in [0.15, 0.2) is 24.3 Å². The van der Waals surface area contributed by atoms with Gasteiger partial charge in [-0.2, -0.15) is 5.26 Å². The Morgan fingerprint density at radius 1 is 1.29 bits per heavy atom. The summed E-state index contributed by atoms with van der Waals surface area (Å²) in [7, 11) is 0. The molecule has 1 amide bonds. The molecule has 1 saturated heterocycles. The Hall–Kier alpha value is -1.86. The Bertz CT molecular complexity index is 496. The van der Waals surface area contributed by atoms with Crippen molar-refractivity contribution in [2.75, 3.05) is 0 Å². The lowest BCUT2D eigenvalue weighted by molar-refractivity contribution is -0.121. The van der Waals surface area contributed by atoms with Crippen molar-refractivity contribution in [3.63, 3.8) is 0 Å². The third kappa shape index (κ3) is 1.60. The van der Waals surface area contributed by atoms with Gasteiger partial charge in [0.25, 0.3) is 0 Å². The van der Waals surface area contributed by atoms with Crippen LogP contribution in [0.5, 0.6) is 0 Å². The topological polar surface area (TPSA) is 64.9 Å². The van der Waals surface area contributed by atoms with E-state index in [1.165, 1.54) is 0 Å². The van der Waals surface area contributed by atoms with Crippen LogP contribution in [0.2, 0.25) is 0 Å². The molecule has 1 atom stereocenters. The SMILES string of the molecule is N#Cc1ccc([C@H]2NC3(CCC3)NC2=O)cc1. The second kappa shape index (κ2) is 3.57. The first-order chi connectivity index (χ1) is 8.22. The Labute approximate surface area is 99.6 Å². The van der Waals surface area contributed by atoms with Crippen molar-refractivity contribution >= 4 is 5.91 Å². The molecule has 1 aliphatic heterocycles. The summed E-state index contributed by atoms with van der Waals surface area (Å²) in [6, 6.07) is 8.97. The number of nitrogens with one attached hydrogen (secondary N) is 2. The molecule has 3 rings (SSSR count). The van der Waals surface area contributed by atoms with Crippen molar-refractivity contribution in [3.05, 3.63) is 35.4 Å². The van der Waals surface area contributed by atoms with Gasteiger partial charge in [-0.05, 0) is 37.0 Å². The van der Waals surface area contributed by atoms with E-state index in [4.69, 9.17) is 5.26 Å². The number of amides is 1. The van der Waals surface area contributed by atoms with Crippen LogP contribution in [-0.2, 0) is 4.79 Å². The number of hydrogen-bond acceptors (Lipinski definition) is 3. The van der Waals surface area contributed by atoms with E-state index in [2.05, 4.69) is 16.7 Å². The summed E-state index contributed by atoms with van der Waals surface area (Å²) in [6.45, 7) is 0. The van der Waals surface area contributed by atoms with Gasteiger partial charge >= 0.3 is 0 Å². The molecule has 4 nitrogen and oxygen atoms in total. The summed E-state index contributed by atoms with van der Waals surface area (Å²) in [5.74, 6) is 0.0365. The Kier molecular flexibility index (Phi) is 2.17. The van der Waals surface area contributed by atoms with Crippen LogP contribution in [0.25, 0.3) is 0 Å². The normalized spacial score (nSPS) is 25.1. The molecule has 1 saturated carbocycles. The highest BCUT2D eigenvalue weighted by atomic mass is 16.2.